The van der Waals surface area contributed by atoms with Gasteiger partial charge in [0.1, 0.15) is 11.6 Å². The van der Waals surface area contributed by atoms with E-state index in [-0.39, 0.29) is 11.7 Å². The highest BCUT2D eigenvalue weighted by Crippen LogP contribution is 2.27. The first-order valence-corrected chi connectivity index (χ1v) is 7.82. The Balaban J connectivity index is 2.00. The molecule has 0 radical (unpaired) electrons. The van der Waals surface area contributed by atoms with E-state index >= 15 is 0 Å². The van der Waals surface area contributed by atoms with Crippen molar-refractivity contribution < 1.29 is 14.0 Å². The Morgan fingerprint density at radius 3 is 2.54 bits per heavy atom. The third-order valence-corrected chi connectivity index (χ3v) is 4.28. The van der Waals surface area contributed by atoms with Gasteiger partial charge >= 0.3 is 0 Å². The van der Waals surface area contributed by atoms with Crippen molar-refractivity contribution in [3.8, 4) is 5.69 Å². The summed E-state index contributed by atoms with van der Waals surface area (Å²) in [5.74, 6) is 0.331. The molecule has 1 aliphatic rings. The van der Waals surface area contributed by atoms with E-state index < -0.39 is 0 Å². The van der Waals surface area contributed by atoms with Crippen LogP contribution in [0.2, 0.25) is 0 Å². The zero-order valence-electron chi connectivity index (χ0n) is 13.7. The van der Waals surface area contributed by atoms with Gasteiger partial charge in [-0.1, -0.05) is 6.07 Å². The van der Waals surface area contributed by atoms with E-state index in [2.05, 4.69) is 5.10 Å². The molecule has 2 aromatic rings. The SMILES string of the molecule is CC(=O)N1CCN(c2c(C=O)c(C)nn2-c2cccc(F)c2)CC1. The minimum atomic E-state index is -0.361. The number of nitrogens with zero attached hydrogens (tertiary/aromatic N) is 4. The van der Waals surface area contributed by atoms with Crippen LogP contribution in [0.25, 0.3) is 5.69 Å². The van der Waals surface area contributed by atoms with E-state index in [1.54, 1.807) is 35.6 Å². The van der Waals surface area contributed by atoms with Crippen LogP contribution in [0.3, 0.4) is 0 Å². The Labute approximate surface area is 139 Å². The van der Waals surface area contributed by atoms with Crippen molar-refractivity contribution >= 4 is 18.0 Å². The van der Waals surface area contributed by atoms with Crippen LogP contribution in [0.15, 0.2) is 24.3 Å². The van der Waals surface area contributed by atoms with Crippen molar-refractivity contribution in [3.63, 3.8) is 0 Å². The van der Waals surface area contributed by atoms with Crippen molar-refractivity contribution in [3.05, 3.63) is 41.3 Å². The van der Waals surface area contributed by atoms with Gasteiger partial charge in [-0.3, -0.25) is 9.59 Å². The fourth-order valence-electron chi connectivity index (χ4n) is 2.99. The molecule has 1 saturated heterocycles. The topological polar surface area (TPSA) is 58.4 Å². The number of benzene rings is 1. The van der Waals surface area contributed by atoms with Gasteiger partial charge in [0, 0.05) is 33.1 Å². The standard InChI is InChI=1S/C17H19FN4O2/c1-12-16(11-23)17(21-8-6-20(7-9-21)13(2)24)22(19-12)15-5-3-4-14(18)10-15/h3-5,10-11H,6-9H2,1-2H3. The maximum Gasteiger partial charge on any atom is 0.219 e. The summed E-state index contributed by atoms with van der Waals surface area (Å²) in [7, 11) is 0. The first kappa shape index (κ1) is 16.2. The molecule has 1 amide bonds. The van der Waals surface area contributed by atoms with Crippen molar-refractivity contribution in [1.82, 2.24) is 14.7 Å². The van der Waals surface area contributed by atoms with Crippen LogP contribution in [0.1, 0.15) is 23.0 Å². The summed E-state index contributed by atoms with van der Waals surface area (Å²) >= 11 is 0. The van der Waals surface area contributed by atoms with E-state index in [1.807, 2.05) is 4.90 Å². The third-order valence-electron chi connectivity index (χ3n) is 4.28. The highest BCUT2D eigenvalue weighted by molar-refractivity contribution is 5.85. The highest BCUT2D eigenvalue weighted by atomic mass is 19.1. The molecule has 0 unspecified atom stereocenters. The number of aldehydes is 1. The van der Waals surface area contributed by atoms with Crippen molar-refractivity contribution in [2.45, 2.75) is 13.8 Å². The van der Waals surface area contributed by atoms with Gasteiger partial charge in [-0.2, -0.15) is 5.10 Å². The van der Waals surface area contributed by atoms with Crippen LogP contribution in [-0.2, 0) is 4.79 Å². The van der Waals surface area contributed by atoms with E-state index in [1.165, 1.54) is 12.1 Å². The molecule has 1 aromatic heterocycles. The van der Waals surface area contributed by atoms with Crippen molar-refractivity contribution in [2.75, 3.05) is 31.1 Å². The van der Waals surface area contributed by atoms with Crippen LogP contribution in [0, 0.1) is 12.7 Å². The number of aryl methyl sites for hydroxylation is 1. The predicted molar refractivity (Wildman–Crippen MR) is 88.1 cm³/mol. The minimum Gasteiger partial charge on any atom is -0.352 e. The summed E-state index contributed by atoms with van der Waals surface area (Å²) in [6.07, 6.45) is 0.783. The number of anilines is 1. The summed E-state index contributed by atoms with van der Waals surface area (Å²) in [5, 5.41) is 4.42. The Morgan fingerprint density at radius 2 is 1.96 bits per heavy atom. The number of carbonyl (C=O) groups is 2. The molecule has 1 fully saturated rings. The lowest BCUT2D eigenvalue weighted by molar-refractivity contribution is -0.129. The van der Waals surface area contributed by atoms with Gasteiger partial charge in [-0.05, 0) is 25.1 Å². The number of amides is 1. The van der Waals surface area contributed by atoms with Crippen LogP contribution in [-0.4, -0.2) is 53.1 Å². The molecule has 0 atom stereocenters. The largest absolute Gasteiger partial charge is 0.352 e. The van der Waals surface area contributed by atoms with Crippen molar-refractivity contribution in [2.24, 2.45) is 0 Å². The molecule has 0 N–H and O–H groups in total. The second-order valence-corrected chi connectivity index (χ2v) is 5.83. The molecule has 7 heteroatoms. The third kappa shape index (κ3) is 2.89. The van der Waals surface area contributed by atoms with Gasteiger partial charge in [0.25, 0.3) is 0 Å². The zero-order valence-corrected chi connectivity index (χ0v) is 13.7. The number of piperazine rings is 1. The average Bonchev–Trinajstić information content (AvgIpc) is 2.91. The minimum absolute atomic E-state index is 0.0417. The molecule has 3 rings (SSSR count). The summed E-state index contributed by atoms with van der Waals surface area (Å²) < 4.78 is 15.2. The monoisotopic (exact) mass is 330 g/mol. The molecule has 1 aromatic carbocycles. The molecule has 0 aliphatic carbocycles. The summed E-state index contributed by atoms with van der Waals surface area (Å²) in [5.41, 5.74) is 1.66. The van der Waals surface area contributed by atoms with E-state index in [9.17, 15) is 14.0 Å². The molecule has 0 saturated carbocycles. The first-order chi connectivity index (χ1) is 11.5. The lowest BCUT2D eigenvalue weighted by Crippen LogP contribution is -2.48. The highest BCUT2D eigenvalue weighted by Gasteiger charge is 2.26. The van der Waals surface area contributed by atoms with Crippen LogP contribution < -0.4 is 4.90 Å². The summed E-state index contributed by atoms with van der Waals surface area (Å²) in [6.45, 7) is 5.67. The van der Waals surface area contributed by atoms with E-state index in [0.717, 1.165) is 6.29 Å². The average molecular weight is 330 g/mol. The second kappa shape index (κ2) is 6.43. The van der Waals surface area contributed by atoms with Crippen LogP contribution in [0.5, 0.6) is 0 Å². The molecular weight excluding hydrogens is 311 g/mol. The number of halogens is 1. The Morgan fingerprint density at radius 1 is 1.25 bits per heavy atom. The Kier molecular flexibility index (Phi) is 4.33. The number of hydrogen-bond acceptors (Lipinski definition) is 4. The van der Waals surface area contributed by atoms with Gasteiger partial charge in [-0.15, -0.1) is 0 Å². The van der Waals surface area contributed by atoms with E-state index in [4.69, 9.17) is 0 Å². The number of rotatable bonds is 3. The number of aromatic nitrogens is 2. The molecule has 24 heavy (non-hydrogen) atoms. The number of carbonyl (C=O) groups excluding carboxylic acids is 2. The zero-order chi connectivity index (χ0) is 17.3. The molecule has 6 nitrogen and oxygen atoms in total. The Hall–Kier alpha value is -2.70. The maximum absolute atomic E-state index is 13.6. The fraction of sp³-hybridized carbons (Fsp3) is 0.353. The van der Waals surface area contributed by atoms with Crippen LogP contribution in [0.4, 0.5) is 10.2 Å². The van der Waals surface area contributed by atoms with Gasteiger partial charge in [0.05, 0.1) is 16.9 Å². The summed E-state index contributed by atoms with van der Waals surface area (Å²) in [6, 6.07) is 6.11. The summed E-state index contributed by atoms with van der Waals surface area (Å²) in [4.78, 5) is 26.8. The van der Waals surface area contributed by atoms with Gasteiger partial charge in [0.2, 0.25) is 5.91 Å². The van der Waals surface area contributed by atoms with Gasteiger partial charge in [0.15, 0.2) is 6.29 Å². The van der Waals surface area contributed by atoms with Gasteiger partial charge in [-0.25, -0.2) is 9.07 Å². The van der Waals surface area contributed by atoms with E-state index in [0.29, 0.717) is 48.9 Å². The fourth-order valence-corrected chi connectivity index (χ4v) is 2.99. The first-order valence-electron chi connectivity index (χ1n) is 7.82. The number of hydrogen-bond donors (Lipinski definition) is 0. The molecule has 126 valence electrons. The predicted octanol–water partition coefficient (Wildman–Crippen LogP) is 1.80. The quantitative estimate of drug-likeness (QED) is 0.805. The maximum atomic E-state index is 13.6. The Bertz CT molecular complexity index is 779. The lowest BCUT2D eigenvalue weighted by Gasteiger charge is -2.35. The molecular formula is C17H19FN4O2. The second-order valence-electron chi connectivity index (χ2n) is 5.83. The normalized spacial score (nSPS) is 14.8. The van der Waals surface area contributed by atoms with Gasteiger partial charge < -0.3 is 9.80 Å². The van der Waals surface area contributed by atoms with Crippen LogP contribution >= 0.6 is 0 Å². The lowest BCUT2D eigenvalue weighted by atomic mass is 10.2. The smallest absolute Gasteiger partial charge is 0.219 e. The molecule has 1 aliphatic heterocycles. The van der Waals surface area contributed by atoms with Crippen molar-refractivity contribution in [1.29, 1.82) is 0 Å². The molecule has 0 bridgehead atoms. The molecule has 2 heterocycles. The molecule has 0 spiro atoms.